The molecule has 1 heterocycles. The van der Waals surface area contributed by atoms with E-state index in [0.717, 1.165) is 5.56 Å². The number of pyridine rings is 1. The summed E-state index contributed by atoms with van der Waals surface area (Å²) in [5.74, 6) is 0.338. The Bertz CT molecular complexity index is 557. The molecule has 1 aromatic heterocycles. The fraction of sp³-hybridized carbons (Fsp3) is 0.154. The Morgan fingerprint density at radius 2 is 1.94 bits per heavy atom. The second-order valence-corrected chi connectivity index (χ2v) is 4.15. The van der Waals surface area contributed by atoms with Crippen LogP contribution in [0.3, 0.4) is 0 Å². The van der Waals surface area contributed by atoms with Crippen LogP contribution in [-0.2, 0) is 0 Å². The van der Waals surface area contributed by atoms with Crippen LogP contribution in [0, 0.1) is 19.7 Å². The van der Waals surface area contributed by atoms with E-state index in [4.69, 9.17) is 16.3 Å². The number of rotatable bonds is 2. The van der Waals surface area contributed by atoms with E-state index in [1.54, 1.807) is 37.4 Å². The molecule has 0 radical (unpaired) electrons. The van der Waals surface area contributed by atoms with E-state index >= 15 is 0 Å². The molecule has 0 aliphatic carbocycles. The molecule has 0 N–H and O–H groups in total. The minimum absolute atomic E-state index is 0.190. The van der Waals surface area contributed by atoms with Crippen molar-refractivity contribution >= 4 is 11.6 Å². The molecule has 0 aliphatic rings. The van der Waals surface area contributed by atoms with Gasteiger partial charge in [-0.05, 0) is 25.5 Å². The van der Waals surface area contributed by atoms with Crippen LogP contribution in [0.2, 0.25) is 5.15 Å². The molecule has 0 bridgehead atoms. The van der Waals surface area contributed by atoms with Crippen molar-refractivity contribution in [3.63, 3.8) is 0 Å². The Morgan fingerprint density at radius 1 is 1.18 bits per heavy atom. The maximum atomic E-state index is 13.7. The molecule has 0 saturated carbocycles. The average Bonchev–Trinajstić information content (AvgIpc) is 2.30. The molecule has 4 heteroatoms. The Balaban J connectivity index is 2.38. The molecule has 0 aliphatic heterocycles. The first-order valence-corrected chi connectivity index (χ1v) is 5.51. The highest BCUT2D eigenvalue weighted by Gasteiger charge is 2.09. The zero-order chi connectivity index (χ0) is 12.4. The number of halogens is 2. The van der Waals surface area contributed by atoms with Gasteiger partial charge in [0.15, 0.2) is 11.6 Å². The van der Waals surface area contributed by atoms with Crippen LogP contribution in [0.5, 0.6) is 11.5 Å². The summed E-state index contributed by atoms with van der Waals surface area (Å²) in [4.78, 5) is 3.91. The molecular weight excluding hydrogens is 241 g/mol. The first-order valence-electron chi connectivity index (χ1n) is 5.13. The lowest BCUT2D eigenvalue weighted by atomic mass is 10.2. The van der Waals surface area contributed by atoms with Gasteiger partial charge in [0.1, 0.15) is 10.9 Å². The van der Waals surface area contributed by atoms with Gasteiger partial charge in [-0.1, -0.05) is 23.7 Å². The smallest absolute Gasteiger partial charge is 0.168 e. The monoisotopic (exact) mass is 251 g/mol. The minimum Gasteiger partial charge on any atom is -0.454 e. The molecule has 0 unspecified atom stereocenters. The average molecular weight is 252 g/mol. The second-order valence-electron chi connectivity index (χ2n) is 3.76. The molecule has 0 saturated heterocycles. The fourth-order valence-electron chi connectivity index (χ4n) is 1.41. The Kier molecular flexibility index (Phi) is 3.29. The van der Waals surface area contributed by atoms with Crippen LogP contribution in [0.1, 0.15) is 11.1 Å². The van der Waals surface area contributed by atoms with Crippen molar-refractivity contribution < 1.29 is 9.13 Å². The van der Waals surface area contributed by atoms with E-state index in [2.05, 4.69) is 4.98 Å². The molecule has 2 nitrogen and oxygen atoms in total. The summed E-state index contributed by atoms with van der Waals surface area (Å²) in [7, 11) is 0. The topological polar surface area (TPSA) is 22.1 Å². The van der Waals surface area contributed by atoms with Crippen LogP contribution in [0.15, 0.2) is 30.5 Å². The molecule has 17 heavy (non-hydrogen) atoms. The third kappa shape index (κ3) is 2.56. The summed E-state index contributed by atoms with van der Waals surface area (Å²) < 4.78 is 19.2. The zero-order valence-corrected chi connectivity index (χ0v) is 10.3. The molecule has 88 valence electrons. The number of hydrogen-bond donors (Lipinski definition) is 0. The first-order chi connectivity index (χ1) is 8.08. The lowest BCUT2D eigenvalue weighted by molar-refractivity contribution is 0.437. The molecular formula is C13H11ClFNO. The van der Waals surface area contributed by atoms with Crippen LogP contribution < -0.4 is 4.74 Å². The summed E-state index contributed by atoms with van der Waals surface area (Å²) >= 11 is 5.77. The van der Waals surface area contributed by atoms with E-state index in [0.29, 0.717) is 16.5 Å². The molecule has 2 rings (SSSR count). The standard InChI is InChI=1S/C13H11ClFNO/c1-8-4-3-5-10(13(8)15)17-11-6-12(14)16-7-9(11)2/h3-7H,1-2H3. The largest absolute Gasteiger partial charge is 0.454 e. The van der Waals surface area contributed by atoms with Crippen LogP contribution in [0.4, 0.5) is 4.39 Å². The number of benzene rings is 1. The van der Waals surface area contributed by atoms with Crippen molar-refractivity contribution in [3.05, 3.63) is 52.6 Å². The van der Waals surface area contributed by atoms with E-state index in [9.17, 15) is 4.39 Å². The predicted molar refractivity (Wildman–Crippen MR) is 65.2 cm³/mol. The molecule has 2 aromatic rings. The van der Waals surface area contributed by atoms with Gasteiger partial charge < -0.3 is 4.74 Å². The Labute approximate surface area is 104 Å². The van der Waals surface area contributed by atoms with Crippen LogP contribution >= 0.6 is 11.6 Å². The summed E-state index contributed by atoms with van der Waals surface area (Å²) in [6.07, 6.45) is 1.59. The predicted octanol–water partition coefficient (Wildman–Crippen LogP) is 4.28. The quantitative estimate of drug-likeness (QED) is 0.743. The van der Waals surface area contributed by atoms with E-state index < -0.39 is 0 Å². The summed E-state index contributed by atoms with van der Waals surface area (Å²) in [6.45, 7) is 3.51. The van der Waals surface area contributed by atoms with Gasteiger partial charge in [-0.25, -0.2) is 9.37 Å². The molecule has 0 fully saturated rings. The molecule has 1 aromatic carbocycles. The van der Waals surface area contributed by atoms with Crippen molar-refractivity contribution in [2.45, 2.75) is 13.8 Å². The molecule has 0 spiro atoms. The van der Waals surface area contributed by atoms with Gasteiger partial charge in [0, 0.05) is 17.8 Å². The normalized spacial score (nSPS) is 10.4. The number of nitrogens with zero attached hydrogens (tertiary/aromatic N) is 1. The third-order valence-corrected chi connectivity index (χ3v) is 2.60. The number of aryl methyl sites for hydroxylation is 2. The van der Waals surface area contributed by atoms with Crippen molar-refractivity contribution in [1.82, 2.24) is 4.98 Å². The lowest BCUT2D eigenvalue weighted by Crippen LogP contribution is -1.93. The maximum Gasteiger partial charge on any atom is 0.168 e. The minimum atomic E-state index is -0.361. The second kappa shape index (κ2) is 4.72. The van der Waals surface area contributed by atoms with Crippen LogP contribution in [0.25, 0.3) is 0 Å². The van der Waals surface area contributed by atoms with E-state index in [-0.39, 0.29) is 11.6 Å². The fourth-order valence-corrected chi connectivity index (χ4v) is 1.56. The number of hydrogen-bond acceptors (Lipinski definition) is 2. The lowest BCUT2D eigenvalue weighted by Gasteiger charge is -2.10. The Morgan fingerprint density at radius 3 is 2.71 bits per heavy atom. The summed E-state index contributed by atoms with van der Waals surface area (Å²) in [6, 6.07) is 6.58. The van der Waals surface area contributed by atoms with E-state index in [1.807, 2.05) is 6.92 Å². The van der Waals surface area contributed by atoms with Crippen LogP contribution in [-0.4, -0.2) is 4.98 Å². The molecule has 0 atom stereocenters. The highest BCUT2D eigenvalue weighted by atomic mass is 35.5. The van der Waals surface area contributed by atoms with E-state index in [1.165, 1.54) is 0 Å². The van der Waals surface area contributed by atoms with Gasteiger partial charge >= 0.3 is 0 Å². The van der Waals surface area contributed by atoms with Crippen molar-refractivity contribution in [1.29, 1.82) is 0 Å². The maximum absolute atomic E-state index is 13.7. The van der Waals surface area contributed by atoms with Gasteiger partial charge in [0.25, 0.3) is 0 Å². The van der Waals surface area contributed by atoms with Gasteiger partial charge in [-0.15, -0.1) is 0 Å². The van der Waals surface area contributed by atoms with Crippen molar-refractivity contribution in [3.8, 4) is 11.5 Å². The third-order valence-electron chi connectivity index (χ3n) is 2.40. The molecule has 0 amide bonds. The summed E-state index contributed by atoms with van der Waals surface area (Å²) in [5.41, 5.74) is 1.34. The number of aromatic nitrogens is 1. The zero-order valence-electron chi connectivity index (χ0n) is 9.50. The first kappa shape index (κ1) is 11.9. The van der Waals surface area contributed by atoms with Gasteiger partial charge in [0.05, 0.1) is 0 Å². The Hall–Kier alpha value is -1.61. The van der Waals surface area contributed by atoms with Crippen molar-refractivity contribution in [2.75, 3.05) is 0 Å². The van der Waals surface area contributed by atoms with Gasteiger partial charge in [0.2, 0.25) is 0 Å². The van der Waals surface area contributed by atoms with Crippen molar-refractivity contribution in [2.24, 2.45) is 0 Å². The highest BCUT2D eigenvalue weighted by molar-refractivity contribution is 6.29. The summed E-state index contributed by atoms with van der Waals surface area (Å²) in [5, 5.41) is 0.318. The highest BCUT2D eigenvalue weighted by Crippen LogP contribution is 2.29. The SMILES string of the molecule is Cc1cnc(Cl)cc1Oc1cccc(C)c1F. The number of ether oxygens (including phenoxy) is 1. The van der Waals surface area contributed by atoms with Gasteiger partial charge in [-0.2, -0.15) is 0 Å². The van der Waals surface area contributed by atoms with Gasteiger partial charge in [-0.3, -0.25) is 0 Å².